The summed E-state index contributed by atoms with van der Waals surface area (Å²) in [5.74, 6) is 0.910. The fourth-order valence-electron chi connectivity index (χ4n) is 0.999. The summed E-state index contributed by atoms with van der Waals surface area (Å²) < 4.78 is 5.10. The van der Waals surface area contributed by atoms with E-state index in [1.54, 1.807) is 7.11 Å². The maximum absolute atomic E-state index is 5.10. The summed E-state index contributed by atoms with van der Waals surface area (Å²) in [5.41, 5.74) is 1.19. The average Bonchev–Trinajstić information content (AvgIpc) is 2.15. The van der Waals surface area contributed by atoms with Crippen molar-refractivity contribution in [1.82, 2.24) is 0 Å². The fraction of sp³-hybridized carbons (Fsp3) is 0.273. The van der Waals surface area contributed by atoms with Crippen molar-refractivity contribution in [2.24, 2.45) is 0 Å². The molecule has 0 fully saturated rings. The Bertz CT molecular complexity index is 263. The lowest BCUT2D eigenvalue weighted by Crippen LogP contribution is -1.81. The van der Waals surface area contributed by atoms with Crippen LogP contribution < -0.4 is 4.74 Å². The molecule has 1 aromatic carbocycles. The topological polar surface area (TPSA) is 9.23 Å². The normalized spacial score (nSPS) is 10.5. The Morgan fingerprint density at radius 1 is 1.42 bits per heavy atom. The molecule has 1 heteroatoms. The third-order valence-corrected chi connectivity index (χ3v) is 1.64. The molecular weight excluding hydrogens is 148 g/mol. The van der Waals surface area contributed by atoms with Crippen LogP contribution in [0.5, 0.6) is 5.75 Å². The van der Waals surface area contributed by atoms with Crippen molar-refractivity contribution in [2.45, 2.75) is 13.3 Å². The van der Waals surface area contributed by atoms with Crippen molar-refractivity contribution in [1.29, 1.82) is 0 Å². The lowest BCUT2D eigenvalue weighted by molar-refractivity contribution is 0.414. The van der Waals surface area contributed by atoms with E-state index in [0.717, 1.165) is 12.2 Å². The molecule has 0 amide bonds. The summed E-state index contributed by atoms with van der Waals surface area (Å²) in [6.07, 6.45) is 5.30. The molecule has 64 valence electrons. The van der Waals surface area contributed by atoms with Crippen molar-refractivity contribution < 1.29 is 4.74 Å². The summed E-state index contributed by atoms with van der Waals surface area (Å²) in [7, 11) is 1.68. The molecule has 0 bridgehead atoms. The number of hydrogen-bond acceptors (Lipinski definition) is 1. The average molecular weight is 162 g/mol. The molecule has 0 spiro atoms. The minimum Gasteiger partial charge on any atom is -0.497 e. The third-order valence-electron chi connectivity index (χ3n) is 1.64. The van der Waals surface area contributed by atoms with Crippen molar-refractivity contribution in [3.63, 3.8) is 0 Å². The van der Waals surface area contributed by atoms with E-state index in [1.165, 1.54) is 5.56 Å². The highest BCUT2D eigenvalue weighted by atomic mass is 16.5. The number of ether oxygens (including phenoxy) is 1. The van der Waals surface area contributed by atoms with Crippen LogP contribution in [0.1, 0.15) is 18.9 Å². The van der Waals surface area contributed by atoms with Gasteiger partial charge in [-0.25, -0.2) is 0 Å². The quantitative estimate of drug-likeness (QED) is 0.663. The van der Waals surface area contributed by atoms with Gasteiger partial charge in [-0.15, -0.1) is 0 Å². The number of hydrogen-bond donors (Lipinski definition) is 0. The molecule has 1 nitrogen and oxygen atoms in total. The van der Waals surface area contributed by atoms with Crippen LogP contribution in [0.4, 0.5) is 0 Å². The van der Waals surface area contributed by atoms with Crippen molar-refractivity contribution in [2.75, 3.05) is 7.11 Å². The standard InChI is InChI=1S/C11H14O/c1-3-4-6-10-7-5-8-11(9-10)12-2/h4-9H,3H2,1-2H3/b6-4+. The highest BCUT2D eigenvalue weighted by Gasteiger charge is 1.89. The number of methoxy groups -OCH3 is 1. The number of rotatable bonds is 3. The van der Waals surface area contributed by atoms with E-state index in [1.807, 2.05) is 18.2 Å². The summed E-state index contributed by atoms with van der Waals surface area (Å²) in [4.78, 5) is 0. The van der Waals surface area contributed by atoms with Crippen LogP contribution in [0, 0.1) is 0 Å². The maximum atomic E-state index is 5.10. The Hall–Kier alpha value is -1.24. The van der Waals surface area contributed by atoms with Crippen molar-refractivity contribution >= 4 is 6.08 Å². The second-order valence-electron chi connectivity index (χ2n) is 2.59. The predicted molar refractivity (Wildman–Crippen MR) is 52.3 cm³/mol. The maximum Gasteiger partial charge on any atom is 0.119 e. The lowest BCUT2D eigenvalue weighted by Gasteiger charge is -1.99. The minimum absolute atomic E-state index is 0.910. The lowest BCUT2D eigenvalue weighted by atomic mass is 10.2. The summed E-state index contributed by atoms with van der Waals surface area (Å²) >= 11 is 0. The second kappa shape index (κ2) is 4.60. The van der Waals surface area contributed by atoms with Gasteiger partial charge in [0.05, 0.1) is 7.11 Å². The molecule has 12 heavy (non-hydrogen) atoms. The van der Waals surface area contributed by atoms with Crippen molar-refractivity contribution in [3.8, 4) is 5.75 Å². The van der Waals surface area contributed by atoms with Gasteiger partial charge in [0.25, 0.3) is 0 Å². The zero-order valence-corrected chi connectivity index (χ0v) is 7.58. The first-order valence-corrected chi connectivity index (χ1v) is 4.17. The Labute approximate surface area is 73.7 Å². The van der Waals surface area contributed by atoms with Crippen LogP contribution in [-0.2, 0) is 0 Å². The van der Waals surface area contributed by atoms with Crippen LogP contribution in [0.15, 0.2) is 30.3 Å². The van der Waals surface area contributed by atoms with Gasteiger partial charge in [0.1, 0.15) is 5.75 Å². The van der Waals surface area contributed by atoms with Gasteiger partial charge in [0.15, 0.2) is 0 Å². The molecule has 0 aromatic heterocycles. The fourth-order valence-corrected chi connectivity index (χ4v) is 0.999. The van der Waals surface area contributed by atoms with Crippen LogP contribution in [0.2, 0.25) is 0 Å². The molecule has 0 saturated carbocycles. The number of allylic oxidation sites excluding steroid dienone is 1. The summed E-state index contributed by atoms with van der Waals surface area (Å²) in [6, 6.07) is 8.03. The molecular formula is C11H14O. The summed E-state index contributed by atoms with van der Waals surface area (Å²) in [5, 5.41) is 0. The van der Waals surface area contributed by atoms with E-state index in [-0.39, 0.29) is 0 Å². The minimum atomic E-state index is 0.910. The van der Waals surface area contributed by atoms with E-state index >= 15 is 0 Å². The SMILES string of the molecule is CC/C=C/c1cccc(OC)c1. The van der Waals surface area contributed by atoms with Gasteiger partial charge in [0.2, 0.25) is 0 Å². The van der Waals surface area contributed by atoms with Gasteiger partial charge in [0, 0.05) is 0 Å². The molecule has 0 aliphatic heterocycles. The molecule has 0 N–H and O–H groups in total. The van der Waals surface area contributed by atoms with Gasteiger partial charge in [-0.1, -0.05) is 31.2 Å². The Morgan fingerprint density at radius 3 is 2.92 bits per heavy atom. The van der Waals surface area contributed by atoms with E-state index in [0.29, 0.717) is 0 Å². The molecule has 0 saturated heterocycles. The third kappa shape index (κ3) is 2.42. The molecule has 1 aromatic rings. The zero-order valence-electron chi connectivity index (χ0n) is 7.58. The molecule has 0 radical (unpaired) electrons. The molecule has 0 aliphatic rings. The second-order valence-corrected chi connectivity index (χ2v) is 2.59. The smallest absolute Gasteiger partial charge is 0.119 e. The molecule has 0 aliphatic carbocycles. The first kappa shape index (κ1) is 8.85. The Balaban J connectivity index is 2.79. The molecule has 1 rings (SSSR count). The van der Waals surface area contributed by atoms with Crippen molar-refractivity contribution in [3.05, 3.63) is 35.9 Å². The monoisotopic (exact) mass is 162 g/mol. The van der Waals surface area contributed by atoms with E-state index in [9.17, 15) is 0 Å². The van der Waals surface area contributed by atoms with Gasteiger partial charge < -0.3 is 4.74 Å². The number of benzene rings is 1. The molecule has 0 atom stereocenters. The van der Waals surface area contributed by atoms with Gasteiger partial charge in [-0.05, 0) is 24.1 Å². The van der Waals surface area contributed by atoms with Gasteiger partial charge in [-0.2, -0.15) is 0 Å². The van der Waals surface area contributed by atoms with E-state index < -0.39 is 0 Å². The first-order valence-electron chi connectivity index (χ1n) is 4.17. The molecule has 0 unspecified atom stereocenters. The summed E-state index contributed by atoms with van der Waals surface area (Å²) in [6.45, 7) is 2.12. The van der Waals surface area contributed by atoms with Gasteiger partial charge in [-0.3, -0.25) is 0 Å². The van der Waals surface area contributed by atoms with Crippen LogP contribution in [-0.4, -0.2) is 7.11 Å². The Morgan fingerprint density at radius 2 is 2.25 bits per heavy atom. The molecule has 0 heterocycles. The van der Waals surface area contributed by atoms with Crippen LogP contribution in [0.3, 0.4) is 0 Å². The van der Waals surface area contributed by atoms with Crippen LogP contribution in [0.25, 0.3) is 6.08 Å². The highest BCUT2D eigenvalue weighted by molar-refractivity contribution is 5.51. The largest absolute Gasteiger partial charge is 0.497 e. The predicted octanol–water partition coefficient (Wildman–Crippen LogP) is 3.12. The van der Waals surface area contributed by atoms with Crippen LogP contribution >= 0.6 is 0 Å². The first-order chi connectivity index (χ1) is 5.86. The zero-order chi connectivity index (χ0) is 8.81. The Kier molecular flexibility index (Phi) is 3.39. The van der Waals surface area contributed by atoms with E-state index in [2.05, 4.69) is 25.1 Å². The van der Waals surface area contributed by atoms with E-state index in [4.69, 9.17) is 4.74 Å². The highest BCUT2D eigenvalue weighted by Crippen LogP contribution is 2.13. The van der Waals surface area contributed by atoms with Gasteiger partial charge >= 0.3 is 0 Å².